The summed E-state index contributed by atoms with van der Waals surface area (Å²) in [5.41, 5.74) is -2.56. The maximum Gasteiger partial charge on any atom is 0.416 e. The molecule has 0 radical (unpaired) electrons. The second-order valence-electron chi connectivity index (χ2n) is 7.69. The Morgan fingerprint density at radius 1 is 0.903 bits per heavy atom. The van der Waals surface area contributed by atoms with Crippen LogP contribution in [0, 0.1) is 0 Å². The number of hydrogen-bond acceptors (Lipinski definition) is 2. The number of aryl methyl sites for hydroxylation is 1. The van der Waals surface area contributed by atoms with E-state index in [-0.39, 0.29) is 36.9 Å². The third kappa shape index (κ3) is 5.73. The van der Waals surface area contributed by atoms with Crippen molar-refractivity contribution >= 4 is 12.4 Å². The van der Waals surface area contributed by atoms with Crippen LogP contribution in [0.2, 0.25) is 0 Å². The van der Waals surface area contributed by atoms with Gasteiger partial charge in [0, 0.05) is 5.41 Å². The summed E-state index contributed by atoms with van der Waals surface area (Å²) in [6.45, 7) is 1.33. The van der Waals surface area contributed by atoms with E-state index in [9.17, 15) is 31.4 Å². The second-order valence-corrected chi connectivity index (χ2v) is 7.69. The number of aliphatic hydroxyl groups is 1. The molecule has 1 heterocycles. The second kappa shape index (κ2) is 9.79. The van der Waals surface area contributed by atoms with Gasteiger partial charge < -0.3 is 10.4 Å². The normalized spacial score (nSPS) is 17.6. The predicted octanol–water partition coefficient (Wildman–Crippen LogP) is 5.76. The van der Waals surface area contributed by atoms with Crippen LogP contribution < -0.4 is 5.32 Å². The van der Waals surface area contributed by atoms with Gasteiger partial charge in [0.2, 0.25) is 0 Å². The summed E-state index contributed by atoms with van der Waals surface area (Å²) in [7, 11) is 0. The van der Waals surface area contributed by atoms with Crippen molar-refractivity contribution in [3.8, 4) is 0 Å². The molecular weight excluding hydrogens is 444 g/mol. The molecule has 1 fully saturated rings. The van der Waals surface area contributed by atoms with Crippen LogP contribution in [-0.2, 0) is 24.2 Å². The van der Waals surface area contributed by atoms with Crippen molar-refractivity contribution in [1.29, 1.82) is 0 Å². The Kier molecular flexibility index (Phi) is 8.05. The molecule has 31 heavy (non-hydrogen) atoms. The van der Waals surface area contributed by atoms with Gasteiger partial charge >= 0.3 is 12.4 Å². The first-order chi connectivity index (χ1) is 14.0. The van der Waals surface area contributed by atoms with Crippen molar-refractivity contribution in [3.05, 3.63) is 70.8 Å². The lowest BCUT2D eigenvalue weighted by Crippen LogP contribution is -2.48. The number of rotatable bonds is 5. The van der Waals surface area contributed by atoms with E-state index in [2.05, 4.69) is 5.32 Å². The smallest absolute Gasteiger partial charge is 0.392 e. The van der Waals surface area contributed by atoms with Crippen molar-refractivity contribution in [2.24, 2.45) is 0 Å². The van der Waals surface area contributed by atoms with Gasteiger partial charge in [-0.25, -0.2) is 0 Å². The zero-order valence-corrected chi connectivity index (χ0v) is 17.4. The standard InChI is InChI=1S/C22H23F6NO.ClH/c23-21(24,25)17-8-6-15(18(14-17)22(26,27)28)7-9-19(30)20(10-12-29-13-11-20)16-4-2-1-3-5-16;/h1-6,8,14,19,29-30H,7,9-13H2;1H. The highest BCUT2D eigenvalue weighted by Gasteiger charge is 2.41. The van der Waals surface area contributed by atoms with Gasteiger partial charge in [-0.3, -0.25) is 0 Å². The summed E-state index contributed by atoms with van der Waals surface area (Å²) in [6.07, 6.45) is -9.60. The zero-order valence-electron chi connectivity index (χ0n) is 16.6. The Balaban J connectivity index is 0.00000341. The van der Waals surface area contributed by atoms with Gasteiger partial charge in [0.25, 0.3) is 0 Å². The number of nitrogens with one attached hydrogen (secondary N) is 1. The number of hydrogen-bond donors (Lipinski definition) is 2. The highest BCUT2D eigenvalue weighted by Crippen LogP contribution is 2.41. The fraction of sp³-hybridized carbons (Fsp3) is 0.455. The molecule has 0 aliphatic carbocycles. The maximum atomic E-state index is 13.4. The molecule has 2 aromatic carbocycles. The van der Waals surface area contributed by atoms with E-state index in [0.29, 0.717) is 32.0 Å². The van der Waals surface area contributed by atoms with Gasteiger partial charge in [-0.1, -0.05) is 36.4 Å². The summed E-state index contributed by atoms with van der Waals surface area (Å²) in [5, 5.41) is 14.2. The maximum absolute atomic E-state index is 13.4. The van der Waals surface area contributed by atoms with Crippen LogP contribution in [0.1, 0.15) is 41.5 Å². The molecule has 0 spiro atoms. The van der Waals surface area contributed by atoms with Crippen molar-refractivity contribution in [2.45, 2.75) is 49.6 Å². The van der Waals surface area contributed by atoms with E-state index in [0.717, 1.165) is 11.6 Å². The van der Waals surface area contributed by atoms with E-state index < -0.39 is 35.0 Å². The molecule has 1 saturated heterocycles. The van der Waals surface area contributed by atoms with Gasteiger partial charge in [0.1, 0.15) is 0 Å². The highest BCUT2D eigenvalue weighted by molar-refractivity contribution is 5.85. The molecule has 2 N–H and O–H groups in total. The number of benzene rings is 2. The van der Waals surface area contributed by atoms with Crippen LogP contribution in [0.4, 0.5) is 26.3 Å². The number of piperidine rings is 1. The van der Waals surface area contributed by atoms with Gasteiger partial charge in [-0.2, -0.15) is 26.3 Å². The summed E-state index contributed by atoms with van der Waals surface area (Å²) < 4.78 is 78.8. The Morgan fingerprint density at radius 3 is 2.06 bits per heavy atom. The summed E-state index contributed by atoms with van der Waals surface area (Å²) in [5.74, 6) is 0. The third-order valence-corrected chi connectivity index (χ3v) is 5.91. The Hall–Kier alpha value is -1.77. The van der Waals surface area contributed by atoms with Crippen LogP contribution >= 0.6 is 12.4 Å². The lowest BCUT2D eigenvalue weighted by molar-refractivity contribution is -0.143. The Labute approximate surface area is 183 Å². The van der Waals surface area contributed by atoms with E-state index in [1.807, 2.05) is 30.3 Å². The molecule has 0 bridgehead atoms. The molecule has 1 aliphatic rings. The third-order valence-electron chi connectivity index (χ3n) is 5.91. The first-order valence-electron chi connectivity index (χ1n) is 9.76. The van der Waals surface area contributed by atoms with Crippen LogP contribution in [0.5, 0.6) is 0 Å². The molecule has 3 rings (SSSR count). The average molecular weight is 468 g/mol. The SMILES string of the molecule is Cl.OC(CCc1ccc(C(F)(F)F)cc1C(F)(F)F)C1(c2ccccc2)CCNCC1. The zero-order chi connectivity index (χ0) is 22.0. The molecule has 2 nitrogen and oxygen atoms in total. The van der Waals surface area contributed by atoms with Crippen LogP contribution in [0.25, 0.3) is 0 Å². The first-order valence-corrected chi connectivity index (χ1v) is 9.76. The van der Waals surface area contributed by atoms with E-state index >= 15 is 0 Å². The molecule has 1 aliphatic heterocycles. The largest absolute Gasteiger partial charge is 0.416 e. The summed E-state index contributed by atoms with van der Waals surface area (Å²) >= 11 is 0. The fourth-order valence-corrected chi connectivity index (χ4v) is 4.26. The van der Waals surface area contributed by atoms with E-state index in [1.165, 1.54) is 0 Å². The quantitative estimate of drug-likeness (QED) is 0.548. The van der Waals surface area contributed by atoms with Crippen molar-refractivity contribution in [2.75, 3.05) is 13.1 Å². The van der Waals surface area contributed by atoms with Gasteiger partial charge in [-0.05, 0) is 62.0 Å². The molecular formula is C22H24ClF6NO. The molecule has 1 atom stereocenters. The minimum absolute atomic E-state index is 0. The van der Waals surface area contributed by atoms with Crippen molar-refractivity contribution < 1.29 is 31.4 Å². The van der Waals surface area contributed by atoms with Crippen LogP contribution in [-0.4, -0.2) is 24.3 Å². The number of halogens is 7. The molecule has 1 unspecified atom stereocenters. The van der Waals surface area contributed by atoms with Crippen LogP contribution in [0.3, 0.4) is 0 Å². The molecule has 9 heteroatoms. The van der Waals surface area contributed by atoms with E-state index in [1.54, 1.807) is 0 Å². The lowest BCUT2D eigenvalue weighted by atomic mass is 9.68. The molecule has 2 aromatic rings. The molecule has 0 aromatic heterocycles. The molecule has 0 saturated carbocycles. The Morgan fingerprint density at radius 2 is 1.52 bits per heavy atom. The summed E-state index contributed by atoms with van der Waals surface area (Å²) in [6, 6.07) is 11.0. The average Bonchev–Trinajstić information content (AvgIpc) is 2.71. The minimum Gasteiger partial charge on any atom is -0.392 e. The van der Waals surface area contributed by atoms with Gasteiger partial charge in [-0.15, -0.1) is 12.4 Å². The van der Waals surface area contributed by atoms with Gasteiger partial charge in [0.15, 0.2) is 0 Å². The number of alkyl halides is 6. The molecule has 172 valence electrons. The predicted molar refractivity (Wildman–Crippen MR) is 108 cm³/mol. The molecule has 0 amide bonds. The Bertz CT molecular complexity index is 847. The highest BCUT2D eigenvalue weighted by atomic mass is 35.5. The van der Waals surface area contributed by atoms with Crippen LogP contribution in [0.15, 0.2) is 48.5 Å². The monoisotopic (exact) mass is 467 g/mol. The van der Waals surface area contributed by atoms with Crippen molar-refractivity contribution in [3.63, 3.8) is 0 Å². The van der Waals surface area contributed by atoms with Crippen molar-refractivity contribution in [1.82, 2.24) is 5.32 Å². The first kappa shape index (κ1) is 25.5. The van der Waals surface area contributed by atoms with E-state index in [4.69, 9.17) is 0 Å². The fourth-order valence-electron chi connectivity index (χ4n) is 4.26. The lowest BCUT2D eigenvalue weighted by Gasteiger charge is -2.42. The minimum atomic E-state index is -4.91. The number of aliphatic hydroxyl groups excluding tert-OH is 1. The topological polar surface area (TPSA) is 32.3 Å². The summed E-state index contributed by atoms with van der Waals surface area (Å²) in [4.78, 5) is 0. The van der Waals surface area contributed by atoms with Gasteiger partial charge in [0.05, 0.1) is 17.2 Å².